The summed E-state index contributed by atoms with van der Waals surface area (Å²) in [5.41, 5.74) is 2.85. The molecule has 3 aromatic rings. The van der Waals surface area contributed by atoms with Gasteiger partial charge in [-0.2, -0.15) is 0 Å². The first-order valence-electron chi connectivity index (χ1n) is 9.00. The Balaban J connectivity index is 2.15. The van der Waals surface area contributed by atoms with Crippen LogP contribution >= 0.6 is 0 Å². The lowest BCUT2D eigenvalue weighted by Gasteiger charge is -2.15. The van der Waals surface area contributed by atoms with Crippen molar-refractivity contribution in [1.82, 2.24) is 4.98 Å². The van der Waals surface area contributed by atoms with Gasteiger partial charge in [0.15, 0.2) is 5.78 Å². The summed E-state index contributed by atoms with van der Waals surface area (Å²) < 4.78 is 9.94. The molecule has 2 aromatic carbocycles. The van der Waals surface area contributed by atoms with Gasteiger partial charge in [-0.1, -0.05) is 0 Å². The van der Waals surface area contributed by atoms with Crippen LogP contribution in [0.3, 0.4) is 0 Å². The van der Waals surface area contributed by atoms with Crippen LogP contribution < -0.4 is 5.32 Å². The van der Waals surface area contributed by atoms with Crippen molar-refractivity contribution < 1.29 is 23.9 Å². The molecule has 148 valence electrons. The number of aromatic nitrogens is 1. The zero-order valence-electron chi connectivity index (χ0n) is 16.3. The minimum absolute atomic E-state index is 0.0409. The Morgan fingerprint density at radius 3 is 2.31 bits per heavy atom. The van der Waals surface area contributed by atoms with Crippen molar-refractivity contribution in [2.45, 2.75) is 13.8 Å². The first kappa shape index (κ1) is 20.0. The Hall–Kier alpha value is -3.74. The van der Waals surface area contributed by atoms with Gasteiger partial charge >= 0.3 is 11.9 Å². The molecule has 0 aliphatic heterocycles. The molecule has 0 atom stereocenters. The van der Waals surface area contributed by atoms with E-state index in [9.17, 15) is 14.4 Å². The number of benzene rings is 2. The molecule has 1 heterocycles. The number of rotatable bonds is 6. The highest BCUT2D eigenvalue weighted by Crippen LogP contribution is 2.31. The van der Waals surface area contributed by atoms with E-state index in [0.717, 1.165) is 0 Å². The second kappa shape index (κ2) is 8.52. The van der Waals surface area contributed by atoms with Gasteiger partial charge in [-0.05, 0) is 56.3 Å². The van der Waals surface area contributed by atoms with E-state index in [1.54, 1.807) is 49.4 Å². The van der Waals surface area contributed by atoms with Gasteiger partial charge in [0.05, 0.1) is 30.5 Å². The predicted octanol–water partition coefficient (Wildman–Crippen LogP) is 4.14. The second-order valence-corrected chi connectivity index (χ2v) is 6.25. The van der Waals surface area contributed by atoms with Crippen LogP contribution in [-0.2, 0) is 9.47 Å². The largest absolute Gasteiger partial charge is 0.465 e. The molecule has 0 unspecified atom stereocenters. The number of nitrogens with one attached hydrogen (secondary N) is 1. The van der Waals surface area contributed by atoms with Gasteiger partial charge in [0, 0.05) is 22.8 Å². The summed E-state index contributed by atoms with van der Waals surface area (Å²) in [5.74, 6) is -1.07. The van der Waals surface area contributed by atoms with E-state index in [-0.39, 0.29) is 18.0 Å². The minimum Gasteiger partial charge on any atom is -0.465 e. The van der Waals surface area contributed by atoms with Gasteiger partial charge in [0.1, 0.15) is 5.56 Å². The lowest BCUT2D eigenvalue weighted by Crippen LogP contribution is -2.10. The summed E-state index contributed by atoms with van der Waals surface area (Å²) >= 11 is 0. The average molecular weight is 392 g/mol. The molecule has 0 bridgehead atoms. The number of methoxy groups -OCH3 is 1. The molecule has 0 spiro atoms. The van der Waals surface area contributed by atoms with Gasteiger partial charge in [-0.15, -0.1) is 0 Å². The number of fused-ring (bicyclic) bond motifs is 1. The molecule has 0 aliphatic rings. The number of ether oxygens (including phenoxy) is 2. The van der Waals surface area contributed by atoms with Crippen molar-refractivity contribution in [3.05, 3.63) is 65.4 Å². The maximum atomic E-state index is 12.5. The van der Waals surface area contributed by atoms with Crippen LogP contribution in [0.2, 0.25) is 0 Å². The number of Topliss-reactive ketones (excluding diaryl/α,β-unsaturated/α-hetero) is 1. The molecule has 0 amide bonds. The number of anilines is 2. The van der Waals surface area contributed by atoms with Crippen LogP contribution in [0, 0.1) is 0 Å². The zero-order chi connectivity index (χ0) is 21.0. The van der Waals surface area contributed by atoms with E-state index in [2.05, 4.69) is 10.3 Å². The number of esters is 2. The second-order valence-electron chi connectivity index (χ2n) is 6.25. The fourth-order valence-corrected chi connectivity index (χ4v) is 2.87. The van der Waals surface area contributed by atoms with Gasteiger partial charge in [-0.3, -0.25) is 9.78 Å². The molecule has 1 aromatic heterocycles. The summed E-state index contributed by atoms with van der Waals surface area (Å²) in [7, 11) is 1.30. The van der Waals surface area contributed by atoms with E-state index in [4.69, 9.17) is 9.47 Å². The van der Waals surface area contributed by atoms with E-state index < -0.39 is 11.9 Å². The lowest BCUT2D eigenvalue weighted by atomic mass is 10.1. The summed E-state index contributed by atoms with van der Waals surface area (Å²) in [6, 6.07) is 11.8. The van der Waals surface area contributed by atoms with Crippen molar-refractivity contribution in [2.75, 3.05) is 19.0 Å². The smallest absolute Gasteiger partial charge is 0.341 e. The fraction of sp³-hybridized carbons (Fsp3) is 0.182. The SMILES string of the molecule is CCOC(=O)c1cnc2ccc(C(=O)OC)cc2c1Nc1ccc(C(C)=O)cc1. The number of hydrogen-bond donors (Lipinski definition) is 1. The van der Waals surface area contributed by atoms with Crippen LogP contribution in [0.4, 0.5) is 11.4 Å². The Morgan fingerprint density at radius 2 is 1.69 bits per heavy atom. The van der Waals surface area contributed by atoms with Crippen molar-refractivity contribution in [3.63, 3.8) is 0 Å². The Bertz CT molecular complexity index is 1090. The molecular weight excluding hydrogens is 372 g/mol. The quantitative estimate of drug-likeness (QED) is 0.497. The number of pyridine rings is 1. The number of nitrogens with zero attached hydrogens (tertiary/aromatic N) is 1. The maximum Gasteiger partial charge on any atom is 0.341 e. The first-order valence-corrected chi connectivity index (χ1v) is 9.00. The topological polar surface area (TPSA) is 94.6 Å². The van der Waals surface area contributed by atoms with Gasteiger partial charge in [-0.25, -0.2) is 9.59 Å². The average Bonchev–Trinajstić information content (AvgIpc) is 2.73. The highest BCUT2D eigenvalue weighted by molar-refractivity contribution is 6.07. The molecule has 3 rings (SSSR count). The summed E-state index contributed by atoms with van der Waals surface area (Å²) in [6.07, 6.45) is 1.43. The monoisotopic (exact) mass is 392 g/mol. The first-order chi connectivity index (χ1) is 13.9. The number of carbonyl (C=O) groups excluding carboxylic acids is 3. The van der Waals surface area contributed by atoms with Gasteiger partial charge < -0.3 is 14.8 Å². The van der Waals surface area contributed by atoms with Crippen LogP contribution in [0.25, 0.3) is 10.9 Å². The van der Waals surface area contributed by atoms with Crippen molar-refractivity contribution in [2.24, 2.45) is 0 Å². The van der Waals surface area contributed by atoms with Crippen LogP contribution in [0.5, 0.6) is 0 Å². The van der Waals surface area contributed by atoms with Gasteiger partial charge in [0.2, 0.25) is 0 Å². The standard InChI is InChI=1S/C22H20N2O5/c1-4-29-22(27)18-12-23-19-10-7-15(21(26)28-3)11-17(19)20(18)24-16-8-5-14(6-9-16)13(2)25/h5-12H,4H2,1-3H3,(H,23,24). The Labute approximate surface area is 167 Å². The highest BCUT2D eigenvalue weighted by atomic mass is 16.5. The normalized spacial score (nSPS) is 10.4. The third-order valence-corrected chi connectivity index (χ3v) is 4.35. The van der Waals surface area contributed by atoms with E-state index in [1.165, 1.54) is 20.2 Å². The van der Waals surface area contributed by atoms with Crippen molar-refractivity contribution in [3.8, 4) is 0 Å². The summed E-state index contributed by atoms with van der Waals surface area (Å²) in [5, 5.41) is 3.76. The maximum absolute atomic E-state index is 12.5. The molecule has 7 nitrogen and oxygen atoms in total. The molecule has 0 radical (unpaired) electrons. The van der Waals surface area contributed by atoms with Crippen LogP contribution in [0.15, 0.2) is 48.7 Å². The summed E-state index contributed by atoms with van der Waals surface area (Å²) in [4.78, 5) is 40.3. The van der Waals surface area contributed by atoms with E-state index in [0.29, 0.717) is 33.4 Å². The third kappa shape index (κ3) is 4.24. The molecule has 29 heavy (non-hydrogen) atoms. The number of hydrogen-bond acceptors (Lipinski definition) is 7. The van der Waals surface area contributed by atoms with Crippen molar-refractivity contribution >= 4 is 40.0 Å². The van der Waals surface area contributed by atoms with E-state index >= 15 is 0 Å². The van der Waals surface area contributed by atoms with Gasteiger partial charge in [0.25, 0.3) is 0 Å². The molecule has 0 fully saturated rings. The lowest BCUT2D eigenvalue weighted by molar-refractivity contribution is 0.0526. The molecule has 0 aliphatic carbocycles. The molecule has 7 heteroatoms. The molecular formula is C22H20N2O5. The molecule has 0 saturated heterocycles. The third-order valence-electron chi connectivity index (χ3n) is 4.35. The number of ketones is 1. The van der Waals surface area contributed by atoms with E-state index in [1.807, 2.05) is 0 Å². The Morgan fingerprint density at radius 1 is 1.00 bits per heavy atom. The predicted molar refractivity (Wildman–Crippen MR) is 109 cm³/mol. The summed E-state index contributed by atoms with van der Waals surface area (Å²) in [6.45, 7) is 3.42. The van der Waals surface area contributed by atoms with Crippen molar-refractivity contribution in [1.29, 1.82) is 0 Å². The highest BCUT2D eigenvalue weighted by Gasteiger charge is 2.18. The van der Waals surface area contributed by atoms with Crippen LogP contribution in [0.1, 0.15) is 44.9 Å². The Kier molecular flexibility index (Phi) is 5.87. The molecule has 1 N–H and O–H groups in total. The minimum atomic E-state index is -0.534. The van der Waals surface area contributed by atoms with Crippen LogP contribution in [-0.4, -0.2) is 36.4 Å². The fourth-order valence-electron chi connectivity index (χ4n) is 2.87. The zero-order valence-corrected chi connectivity index (χ0v) is 16.3. The number of carbonyl (C=O) groups is 3. The molecule has 0 saturated carbocycles.